The molecule has 0 heterocycles. The van der Waals surface area contributed by atoms with Gasteiger partial charge in [-0.25, -0.2) is 9.59 Å². The number of carbonyl (C=O) groups excluding carboxylic acids is 3. The second kappa shape index (κ2) is 7.51. The van der Waals surface area contributed by atoms with Crippen LogP contribution in [0.3, 0.4) is 0 Å². The van der Waals surface area contributed by atoms with E-state index in [4.69, 9.17) is 0 Å². The van der Waals surface area contributed by atoms with Crippen molar-refractivity contribution in [2.45, 2.75) is 32.1 Å². The van der Waals surface area contributed by atoms with Crippen molar-refractivity contribution in [2.24, 2.45) is 0 Å². The summed E-state index contributed by atoms with van der Waals surface area (Å²) in [4.78, 5) is 34.7. The average molecular weight is 266 g/mol. The average Bonchev–Trinajstić information content (AvgIpc) is 2.42. The van der Waals surface area contributed by atoms with Crippen LogP contribution in [0.1, 0.15) is 32.1 Å². The first-order valence-corrected chi connectivity index (χ1v) is 6.17. The molecule has 0 aromatic carbocycles. The Labute approximate surface area is 112 Å². The highest BCUT2D eigenvalue weighted by molar-refractivity contribution is 5.99. The van der Waals surface area contributed by atoms with Crippen molar-refractivity contribution in [3.63, 3.8) is 0 Å². The highest BCUT2D eigenvalue weighted by Crippen LogP contribution is 2.17. The number of ether oxygens (including phenoxy) is 2. The van der Waals surface area contributed by atoms with Crippen molar-refractivity contribution >= 4 is 17.7 Å². The third-order valence-electron chi connectivity index (χ3n) is 2.90. The minimum Gasteiger partial charge on any atom is -0.466 e. The number of carbonyl (C=O) groups is 3. The maximum Gasteiger partial charge on any atom is 0.333 e. The summed E-state index contributed by atoms with van der Waals surface area (Å²) in [6.07, 6.45) is 5.36. The Bertz CT molecular complexity index is 431. The zero-order valence-corrected chi connectivity index (χ0v) is 11.2. The zero-order chi connectivity index (χ0) is 14.3. The highest BCUT2D eigenvalue weighted by atomic mass is 16.5. The van der Waals surface area contributed by atoms with Crippen LogP contribution in [0, 0.1) is 0 Å². The Hall–Kier alpha value is -1.91. The van der Waals surface area contributed by atoms with Crippen LogP contribution in [0.15, 0.2) is 23.3 Å². The summed E-state index contributed by atoms with van der Waals surface area (Å²) in [5.41, 5.74) is 0.899. The molecule has 0 unspecified atom stereocenters. The third-order valence-corrected chi connectivity index (χ3v) is 2.90. The van der Waals surface area contributed by atoms with Crippen LogP contribution in [0.5, 0.6) is 0 Å². The molecule has 0 fully saturated rings. The summed E-state index contributed by atoms with van der Waals surface area (Å²) in [6, 6.07) is 0. The van der Waals surface area contributed by atoms with Crippen molar-refractivity contribution in [3.05, 3.63) is 23.3 Å². The summed E-state index contributed by atoms with van der Waals surface area (Å²) in [6.45, 7) is 0. The summed E-state index contributed by atoms with van der Waals surface area (Å²) < 4.78 is 9.31. The molecule has 0 amide bonds. The van der Waals surface area contributed by atoms with Crippen molar-refractivity contribution in [3.8, 4) is 0 Å². The largest absolute Gasteiger partial charge is 0.466 e. The van der Waals surface area contributed by atoms with Gasteiger partial charge >= 0.3 is 11.9 Å². The molecule has 0 saturated heterocycles. The lowest BCUT2D eigenvalue weighted by atomic mass is 9.99. The van der Waals surface area contributed by atoms with E-state index in [0.717, 1.165) is 0 Å². The molecular formula is C14H18O5. The predicted octanol–water partition coefficient (Wildman–Crippen LogP) is 1.72. The maximum absolute atomic E-state index is 11.7. The first-order chi connectivity index (χ1) is 9.08. The van der Waals surface area contributed by atoms with Gasteiger partial charge in [-0.05, 0) is 31.8 Å². The lowest BCUT2D eigenvalue weighted by Crippen LogP contribution is -2.10. The molecule has 0 aliphatic heterocycles. The quantitative estimate of drug-likeness (QED) is 0.712. The lowest BCUT2D eigenvalue weighted by molar-refractivity contribution is -0.137. The van der Waals surface area contributed by atoms with E-state index in [1.165, 1.54) is 20.3 Å². The van der Waals surface area contributed by atoms with Gasteiger partial charge in [0.2, 0.25) is 0 Å². The number of methoxy groups -OCH3 is 2. The molecule has 0 aromatic rings. The van der Waals surface area contributed by atoms with E-state index in [-0.39, 0.29) is 11.8 Å². The van der Waals surface area contributed by atoms with Gasteiger partial charge in [-0.15, -0.1) is 0 Å². The zero-order valence-electron chi connectivity index (χ0n) is 11.2. The fraction of sp³-hybridized carbons (Fsp3) is 0.500. The second-order valence-electron chi connectivity index (χ2n) is 4.24. The Kier molecular flexibility index (Phi) is 5.99. The van der Waals surface area contributed by atoms with Crippen molar-refractivity contribution in [1.29, 1.82) is 0 Å². The van der Waals surface area contributed by atoms with Gasteiger partial charge in [0.05, 0.1) is 14.2 Å². The van der Waals surface area contributed by atoms with Crippen molar-refractivity contribution in [2.75, 3.05) is 14.2 Å². The molecular weight excluding hydrogens is 248 g/mol. The molecule has 1 aliphatic rings. The number of hydrogen-bond donors (Lipinski definition) is 0. The van der Waals surface area contributed by atoms with Gasteiger partial charge in [-0.3, -0.25) is 4.79 Å². The number of hydrogen-bond acceptors (Lipinski definition) is 5. The number of rotatable bonds is 2. The van der Waals surface area contributed by atoms with Crippen LogP contribution in [0.2, 0.25) is 0 Å². The van der Waals surface area contributed by atoms with Crippen LogP contribution >= 0.6 is 0 Å². The summed E-state index contributed by atoms with van der Waals surface area (Å²) in [5, 5.41) is 0. The lowest BCUT2D eigenvalue weighted by Gasteiger charge is -2.09. The minimum absolute atomic E-state index is 0.119. The normalized spacial score (nSPS) is 22.5. The minimum atomic E-state index is -0.498. The fourth-order valence-electron chi connectivity index (χ4n) is 1.90. The van der Waals surface area contributed by atoms with Gasteiger partial charge in [-0.1, -0.05) is 6.08 Å². The molecule has 5 heteroatoms. The Morgan fingerprint density at radius 3 is 2.26 bits per heavy atom. The standard InChI is InChI=1S/C14H18O5/c1-18-13(16)10-5-3-7-11(14(17)19-2)9-12(15)8-4-6-10/h5,9H,3-4,6-8H2,1-2H3/b10-5+,11-9+. The van der Waals surface area contributed by atoms with Crippen LogP contribution in [-0.4, -0.2) is 31.9 Å². The smallest absolute Gasteiger partial charge is 0.333 e. The van der Waals surface area contributed by atoms with Gasteiger partial charge in [-0.2, -0.15) is 0 Å². The Balaban J connectivity index is 2.87. The fourth-order valence-corrected chi connectivity index (χ4v) is 1.90. The Morgan fingerprint density at radius 1 is 1.00 bits per heavy atom. The molecule has 0 bridgehead atoms. The molecule has 0 atom stereocenters. The van der Waals surface area contributed by atoms with Gasteiger partial charge < -0.3 is 9.47 Å². The van der Waals surface area contributed by atoms with Gasteiger partial charge in [0.25, 0.3) is 0 Å². The predicted molar refractivity (Wildman–Crippen MR) is 68.3 cm³/mol. The van der Waals surface area contributed by atoms with Crippen LogP contribution in [-0.2, 0) is 23.9 Å². The SMILES string of the molecule is COC(=O)/C1=C/C(=O)CCC/C(C(=O)OC)=C\CC1. The molecule has 5 nitrogen and oxygen atoms in total. The Morgan fingerprint density at radius 2 is 1.63 bits per heavy atom. The van der Waals surface area contributed by atoms with Crippen LogP contribution in [0.25, 0.3) is 0 Å². The second-order valence-corrected chi connectivity index (χ2v) is 4.24. The highest BCUT2D eigenvalue weighted by Gasteiger charge is 2.15. The molecule has 0 radical (unpaired) electrons. The topological polar surface area (TPSA) is 69.7 Å². The van der Waals surface area contributed by atoms with E-state index < -0.39 is 5.97 Å². The van der Waals surface area contributed by atoms with Crippen molar-refractivity contribution in [1.82, 2.24) is 0 Å². The number of ketones is 1. The first kappa shape index (κ1) is 15.1. The molecule has 1 aliphatic carbocycles. The number of esters is 2. The van der Waals surface area contributed by atoms with E-state index in [0.29, 0.717) is 43.3 Å². The summed E-state index contributed by atoms with van der Waals surface area (Å²) in [5.74, 6) is -0.995. The number of allylic oxidation sites excluding steroid dienone is 2. The van der Waals surface area contributed by atoms with E-state index in [1.54, 1.807) is 6.08 Å². The molecule has 0 saturated carbocycles. The molecule has 0 spiro atoms. The maximum atomic E-state index is 11.7. The van der Waals surface area contributed by atoms with Gasteiger partial charge in [0.1, 0.15) is 0 Å². The summed E-state index contributed by atoms with van der Waals surface area (Å²) >= 11 is 0. The molecule has 19 heavy (non-hydrogen) atoms. The third kappa shape index (κ3) is 4.69. The monoisotopic (exact) mass is 266 g/mol. The van der Waals surface area contributed by atoms with Gasteiger partial charge in [0.15, 0.2) is 5.78 Å². The van der Waals surface area contributed by atoms with E-state index in [1.807, 2.05) is 0 Å². The van der Waals surface area contributed by atoms with Gasteiger partial charge in [0, 0.05) is 17.6 Å². The van der Waals surface area contributed by atoms with Crippen molar-refractivity contribution < 1.29 is 23.9 Å². The molecule has 1 rings (SSSR count). The van der Waals surface area contributed by atoms with Crippen LogP contribution in [0.4, 0.5) is 0 Å². The summed E-state index contributed by atoms with van der Waals surface area (Å²) in [7, 11) is 2.61. The molecule has 104 valence electrons. The molecule has 0 N–H and O–H groups in total. The van der Waals surface area contributed by atoms with E-state index in [2.05, 4.69) is 9.47 Å². The first-order valence-electron chi connectivity index (χ1n) is 6.17. The van der Waals surface area contributed by atoms with E-state index in [9.17, 15) is 14.4 Å². The van der Waals surface area contributed by atoms with E-state index >= 15 is 0 Å². The molecule has 0 aromatic heterocycles. The van der Waals surface area contributed by atoms with Crippen LogP contribution < -0.4 is 0 Å².